The standard InChI is InChI=1S/C24H27BrClN5O.C2HF3O2/c1-31(2)22-18-5-3-4-6-21(18)29-24(30-22)28-17-10-7-15(8-11-17)14-27-23(32)19-13-16(25)9-12-20(19)26;3-2(4,5)1(6)7/h3-6,9,12-13,15,17H,7-8,10-11,14H2,1-2H3,(H,27,32)(H,28,29,30);(H,6,7). The van der Waals surface area contributed by atoms with Crippen LogP contribution in [0.2, 0.25) is 5.02 Å². The summed E-state index contributed by atoms with van der Waals surface area (Å²) in [6.45, 7) is 0.658. The van der Waals surface area contributed by atoms with Crippen LogP contribution >= 0.6 is 27.5 Å². The number of carboxylic acid groups (broad SMARTS) is 1. The number of aromatic nitrogens is 2. The Morgan fingerprint density at radius 3 is 2.36 bits per heavy atom. The van der Waals surface area contributed by atoms with Crippen molar-refractivity contribution in [2.24, 2.45) is 5.92 Å². The topological polar surface area (TPSA) is 107 Å². The molecular weight excluding hydrogens is 603 g/mol. The van der Waals surface area contributed by atoms with Gasteiger partial charge in [0.2, 0.25) is 5.95 Å². The van der Waals surface area contributed by atoms with Crippen LogP contribution < -0.4 is 15.5 Å². The lowest BCUT2D eigenvalue weighted by atomic mass is 9.86. The minimum atomic E-state index is -5.08. The molecule has 4 rings (SSSR count). The highest BCUT2D eigenvalue weighted by Crippen LogP contribution is 2.28. The van der Waals surface area contributed by atoms with Gasteiger partial charge in [-0.15, -0.1) is 0 Å². The molecule has 39 heavy (non-hydrogen) atoms. The molecule has 0 aliphatic heterocycles. The number of anilines is 2. The van der Waals surface area contributed by atoms with Crippen molar-refractivity contribution in [2.45, 2.75) is 37.9 Å². The minimum absolute atomic E-state index is 0.127. The number of halogens is 5. The van der Waals surface area contributed by atoms with E-state index in [0.717, 1.165) is 46.9 Å². The molecule has 0 unspecified atom stereocenters. The van der Waals surface area contributed by atoms with Gasteiger partial charge in [0.15, 0.2) is 0 Å². The van der Waals surface area contributed by atoms with Gasteiger partial charge in [0, 0.05) is 36.5 Å². The predicted octanol–water partition coefficient (Wildman–Crippen LogP) is 6.15. The summed E-state index contributed by atoms with van der Waals surface area (Å²) in [6, 6.07) is 13.7. The Morgan fingerprint density at radius 2 is 1.74 bits per heavy atom. The fourth-order valence-corrected chi connectivity index (χ4v) is 4.73. The molecule has 0 radical (unpaired) electrons. The van der Waals surface area contributed by atoms with Crippen LogP contribution in [-0.4, -0.2) is 59.8 Å². The van der Waals surface area contributed by atoms with E-state index >= 15 is 0 Å². The summed E-state index contributed by atoms with van der Waals surface area (Å²) in [5.41, 5.74) is 1.44. The molecule has 3 aromatic rings. The Balaban J connectivity index is 0.000000532. The monoisotopic (exact) mass is 629 g/mol. The second-order valence-electron chi connectivity index (χ2n) is 9.28. The third-order valence-electron chi connectivity index (χ3n) is 6.15. The van der Waals surface area contributed by atoms with Gasteiger partial charge in [-0.25, -0.2) is 9.78 Å². The number of rotatable bonds is 6. The van der Waals surface area contributed by atoms with Gasteiger partial charge in [0.05, 0.1) is 16.1 Å². The van der Waals surface area contributed by atoms with Crippen molar-refractivity contribution in [3.8, 4) is 0 Å². The van der Waals surface area contributed by atoms with Crippen LogP contribution in [0.4, 0.5) is 24.9 Å². The average Bonchev–Trinajstić information content (AvgIpc) is 2.88. The Morgan fingerprint density at radius 1 is 1.10 bits per heavy atom. The second-order valence-corrected chi connectivity index (χ2v) is 10.6. The average molecular weight is 631 g/mol. The van der Waals surface area contributed by atoms with Crippen molar-refractivity contribution >= 4 is 62.1 Å². The number of alkyl halides is 3. The molecule has 8 nitrogen and oxygen atoms in total. The van der Waals surface area contributed by atoms with Crippen LogP contribution in [0.25, 0.3) is 10.9 Å². The van der Waals surface area contributed by atoms with Gasteiger partial charge in [0.1, 0.15) is 5.82 Å². The quantitative estimate of drug-likeness (QED) is 0.300. The van der Waals surface area contributed by atoms with Gasteiger partial charge in [-0.2, -0.15) is 18.2 Å². The van der Waals surface area contributed by atoms with E-state index in [1.165, 1.54) is 0 Å². The maximum Gasteiger partial charge on any atom is 0.490 e. The lowest BCUT2D eigenvalue weighted by Gasteiger charge is -2.29. The predicted molar refractivity (Wildman–Crippen MR) is 148 cm³/mol. The number of carboxylic acids is 1. The molecule has 1 aliphatic carbocycles. The molecule has 1 fully saturated rings. The molecule has 210 valence electrons. The summed E-state index contributed by atoms with van der Waals surface area (Å²) >= 11 is 9.56. The van der Waals surface area contributed by atoms with E-state index in [9.17, 15) is 18.0 Å². The van der Waals surface area contributed by atoms with Crippen LogP contribution in [0.5, 0.6) is 0 Å². The van der Waals surface area contributed by atoms with Gasteiger partial charge in [-0.3, -0.25) is 4.79 Å². The van der Waals surface area contributed by atoms with Crippen LogP contribution in [0.3, 0.4) is 0 Å². The number of benzene rings is 2. The Bertz CT molecular complexity index is 1320. The molecule has 1 heterocycles. The molecule has 1 saturated carbocycles. The molecule has 1 amide bonds. The van der Waals surface area contributed by atoms with E-state index in [-0.39, 0.29) is 5.91 Å². The maximum atomic E-state index is 12.5. The zero-order valence-electron chi connectivity index (χ0n) is 21.2. The Kier molecular flexibility index (Phi) is 10.4. The van der Waals surface area contributed by atoms with Gasteiger partial charge < -0.3 is 20.6 Å². The highest BCUT2D eigenvalue weighted by Gasteiger charge is 2.38. The Labute approximate surface area is 237 Å². The largest absolute Gasteiger partial charge is 0.490 e. The van der Waals surface area contributed by atoms with E-state index in [4.69, 9.17) is 31.5 Å². The molecule has 0 bridgehead atoms. The second kappa shape index (κ2) is 13.3. The SMILES string of the molecule is CN(C)c1nc(NC2CCC(CNC(=O)c3cc(Br)ccc3Cl)CC2)nc2ccccc12.O=C(O)C(F)(F)F. The smallest absolute Gasteiger partial charge is 0.475 e. The molecule has 0 saturated heterocycles. The third-order valence-corrected chi connectivity index (χ3v) is 6.98. The van der Waals surface area contributed by atoms with Crippen LogP contribution in [0, 0.1) is 5.92 Å². The fraction of sp³-hybridized carbons (Fsp3) is 0.385. The number of aliphatic carboxylic acids is 1. The summed E-state index contributed by atoms with van der Waals surface area (Å²) in [5, 5.41) is 15.2. The normalized spacial score (nSPS) is 17.1. The van der Waals surface area contributed by atoms with E-state index < -0.39 is 12.1 Å². The van der Waals surface area contributed by atoms with Gasteiger partial charge in [0.25, 0.3) is 5.91 Å². The molecule has 0 spiro atoms. The maximum absolute atomic E-state index is 12.5. The van der Waals surface area contributed by atoms with Gasteiger partial charge in [-0.1, -0.05) is 39.7 Å². The van der Waals surface area contributed by atoms with Crippen molar-refractivity contribution in [3.05, 3.63) is 57.5 Å². The van der Waals surface area contributed by atoms with Crippen molar-refractivity contribution in [3.63, 3.8) is 0 Å². The highest BCUT2D eigenvalue weighted by atomic mass is 79.9. The first kappa shape index (κ1) is 30.4. The summed E-state index contributed by atoms with van der Waals surface area (Å²) in [4.78, 5) is 32.9. The number of nitrogens with one attached hydrogen (secondary N) is 2. The van der Waals surface area contributed by atoms with Crippen molar-refractivity contribution in [2.75, 3.05) is 30.9 Å². The molecule has 0 atom stereocenters. The van der Waals surface area contributed by atoms with Crippen LogP contribution in [-0.2, 0) is 4.79 Å². The van der Waals surface area contributed by atoms with Crippen molar-refractivity contribution in [1.29, 1.82) is 0 Å². The molecule has 1 aliphatic rings. The van der Waals surface area contributed by atoms with E-state index in [0.29, 0.717) is 35.0 Å². The van der Waals surface area contributed by atoms with Crippen LogP contribution in [0.1, 0.15) is 36.0 Å². The summed E-state index contributed by atoms with van der Waals surface area (Å²) in [6.07, 6.45) is -0.964. The minimum Gasteiger partial charge on any atom is -0.475 e. The number of amides is 1. The zero-order valence-corrected chi connectivity index (χ0v) is 23.6. The first-order valence-electron chi connectivity index (χ1n) is 12.1. The zero-order chi connectivity index (χ0) is 28.7. The molecular formula is C26H28BrClF3N5O3. The Hall–Kier alpha value is -3.12. The molecule has 13 heteroatoms. The van der Waals surface area contributed by atoms with Crippen molar-refractivity contribution in [1.82, 2.24) is 15.3 Å². The first-order chi connectivity index (χ1) is 18.3. The number of fused-ring (bicyclic) bond motifs is 1. The third kappa shape index (κ3) is 8.69. The molecule has 1 aromatic heterocycles. The van der Waals surface area contributed by atoms with E-state index in [2.05, 4.69) is 32.6 Å². The van der Waals surface area contributed by atoms with E-state index in [1.54, 1.807) is 12.1 Å². The number of para-hydroxylation sites is 1. The fourth-order valence-electron chi connectivity index (χ4n) is 4.16. The first-order valence-corrected chi connectivity index (χ1v) is 13.3. The number of nitrogens with zero attached hydrogens (tertiary/aromatic N) is 3. The number of carbonyl (C=O) groups is 2. The summed E-state index contributed by atoms with van der Waals surface area (Å²) in [7, 11) is 4.00. The number of carbonyl (C=O) groups excluding carboxylic acids is 1. The lowest BCUT2D eigenvalue weighted by molar-refractivity contribution is -0.192. The lowest BCUT2D eigenvalue weighted by Crippen LogP contribution is -2.34. The molecule has 2 aromatic carbocycles. The highest BCUT2D eigenvalue weighted by molar-refractivity contribution is 9.10. The van der Waals surface area contributed by atoms with E-state index in [1.807, 2.05) is 43.3 Å². The summed E-state index contributed by atoms with van der Waals surface area (Å²) < 4.78 is 32.6. The van der Waals surface area contributed by atoms with Gasteiger partial charge >= 0.3 is 12.1 Å². The molecule has 3 N–H and O–H groups in total. The van der Waals surface area contributed by atoms with Gasteiger partial charge in [-0.05, 0) is 61.9 Å². The van der Waals surface area contributed by atoms with Crippen LogP contribution in [0.15, 0.2) is 46.9 Å². The summed E-state index contributed by atoms with van der Waals surface area (Å²) in [5.74, 6) is -0.836. The number of hydrogen-bond donors (Lipinski definition) is 3. The van der Waals surface area contributed by atoms with Crippen molar-refractivity contribution < 1.29 is 27.9 Å². The number of hydrogen-bond acceptors (Lipinski definition) is 6.